The number of aryl methyl sites for hydroxylation is 1. The van der Waals surface area contributed by atoms with Crippen LogP contribution in [0.15, 0.2) is 67.0 Å². The molecule has 0 saturated carbocycles. The van der Waals surface area contributed by atoms with Gasteiger partial charge in [-0.15, -0.1) is 0 Å². The van der Waals surface area contributed by atoms with Crippen molar-refractivity contribution < 1.29 is 0 Å². The Hall–Kier alpha value is -2.61. The second-order valence-corrected chi connectivity index (χ2v) is 5.16. The lowest BCUT2D eigenvalue weighted by atomic mass is 10.1. The molecule has 2 aromatic carbocycles. The van der Waals surface area contributed by atoms with Crippen molar-refractivity contribution in [1.29, 1.82) is 0 Å². The monoisotopic (exact) mass is 258 g/mol. The summed E-state index contributed by atoms with van der Waals surface area (Å²) in [4.78, 5) is 4.71. The van der Waals surface area contributed by atoms with E-state index in [4.69, 9.17) is 4.98 Å². The molecule has 2 aromatic heterocycles. The summed E-state index contributed by atoms with van der Waals surface area (Å²) in [5, 5.41) is 2.51. The zero-order valence-corrected chi connectivity index (χ0v) is 11.2. The number of imidazole rings is 1. The maximum Gasteiger partial charge on any atom is 0.137 e. The summed E-state index contributed by atoms with van der Waals surface area (Å²) in [6.45, 7) is 2.09. The van der Waals surface area contributed by atoms with Gasteiger partial charge in [-0.2, -0.15) is 0 Å². The predicted molar refractivity (Wildman–Crippen MR) is 82.9 cm³/mol. The van der Waals surface area contributed by atoms with Gasteiger partial charge < -0.3 is 4.40 Å². The summed E-state index contributed by atoms with van der Waals surface area (Å²) in [6.07, 6.45) is 4.14. The van der Waals surface area contributed by atoms with Crippen LogP contribution in [0.2, 0.25) is 0 Å². The first kappa shape index (κ1) is 11.2. The van der Waals surface area contributed by atoms with Crippen LogP contribution >= 0.6 is 0 Å². The Morgan fingerprint density at radius 1 is 0.900 bits per heavy atom. The quantitative estimate of drug-likeness (QED) is 0.492. The van der Waals surface area contributed by atoms with Crippen LogP contribution in [0.4, 0.5) is 0 Å². The fraction of sp³-hybridized carbons (Fsp3) is 0.0556. The van der Waals surface area contributed by atoms with E-state index in [1.54, 1.807) is 0 Å². The second-order valence-electron chi connectivity index (χ2n) is 5.16. The van der Waals surface area contributed by atoms with Gasteiger partial charge in [-0.05, 0) is 41.5 Å². The largest absolute Gasteiger partial charge is 0.306 e. The summed E-state index contributed by atoms with van der Waals surface area (Å²) in [5.41, 5.74) is 4.40. The highest BCUT2D eigenvalue weighted by Crippen LogP contribution is 2.24. The lowest BCUT2D eigenvalue weighted by Gasteiger charge is -2.00. The molecule has 0 aliphatic heterocycles. The first-order chi connectivity index (χ1) is 9.79. The van der Waals surface area contributed by atoms with Crippen LogP contribution in [-0.4, -0.2) is 9.38 Å². The third kappa shape index (κ3) is 1.77. The van der Waals surface area contributed by atoms with Crippen LogP contribution in [-0.2, 0) is 0 Å². The van der Waals surface area contributed by atoms with Gasteiger partial charge in [0.2, 0.25) is 0 Å². The number of hydrogen-bond donors (Lipinski definition) is 0. The van der Waals surface area contributed by atoms with Crippen LogP contribution in [0.1, 0.15) is 5.56 Å². The van der Waals surface area contributed by atoms with Crippen molar-refractivity contribution in [3.05, 3.63) is 72.6 Å². The summed E-state index contributed by atoms with van der Waals surface area (Å²) in [6, 6.07) is 19.1. The van der Waals surface area contributed by atoms with Gasteiger partial charge in [-0.25, -0.2) is 4.98 Å². The molecule has 0 aliphatic rings. The van der Waals surface area contributed by atoms with Crippen LogP contribution in [0.5, 0.6) is 0 Å². The van der Waals surface area contributed by atoms with E-state index in [1.807, 2.05) is 0 Å². The first-order valence-electron chi connectivity index (χ1n) is 6.74. The molecule has 0 unspecified atom stereocenters. The highest BCUT2D eigenvalue weighted by atomic mass is 15.0. The van der Waals surface area contributed by atoms with Crippen molar-refractivity contribution in [2.45, 2.75) is 6.92 Å². The number of fused-ring (bicyclic) bond motifs is 2. The Labute approximate surface area is 117 Å². The minimum Gasteiger partial charge on any atom is -0.306 e. The van der Waals surface area contributed by atoms with Gasteiger partial charge >= 0.3 is 0 Å². The van der Waals surface area contributed by atoms with Gasteiger partial charge in [0.15, 0.2) is 0 Å². The molecule has 0 atom stereocenters. The molecule has 4 aromatic rings. The summed E-state index contributed by atoms with van der Waals surface area (Å²) in [7, 11) is 0. The van der Waals surface area contributed by atoms with E-state index >= 15 is 0 Å². The number of rotatable bonds is 1. The fourth-order valence-electron chi connectivity index (χ4n) is 2.57. The SMILES string of the molecule is Cc1ccn2cc(-c3ccc4ccccc4c3)nc2c1. The molecule has 2 nitrogen and oxygen atoms in total. The van der Waals surface area contributed by atoms with E-state index < -0.39 is 0 Å². The van der Waals surface area contributed by atoms with Crippen LogP contribution < -0.4 is 0 Å². The van der Waals surface area contributed by atoms with Crippen molar-refractivity contribution >= 4 is 16.4 Å². The minimum atomic E-state index is 0.994. The maximum atomic E-state index is 4.71. The molecular formula is C18H14N2. The highest BCUT2D eigenvalue weighted by Gasteiger charge is 2.05. The van der Waals surface area contributed by atoms with Gasteiger partial charge in [-0.3, -0.25) is 0 Å². The van der Waals surface area contributed by atoms with Gasteiger partial charge in [0, 0.05) is 18.0 Å². The number of aromatic nitrogens is 2. The first-order valence-corrected chi connectivity index (χ1v) is 6.74. The molecule has 20 heavy (non-hydrogen) atoms. The second kappa shape index (κ2) is 4.20. The standard InChI is InChI=1S/C18H14N2/c1-13-8-9-20-12-17(19-18(20)10-13)16-7-6-14-4-2-3-5-15(14)11-16/h2-12H,1H3. The molecule has 0 spiro atoms. The average Bonchev–Trinajstić information content (AvgIpc) is 2.89. The van der Waals surface area contributed by atoms with E-state index in [9.17, 15) is 0 Å². The minimum absolute atomic E-state index is 0.994. The molecule has 0 saturated heterocycles. The summed E-state index contributed by atoms with van der Waals surface area (Å²) in [5.74, 6) is 0. The molecule has 0 fully saturated rings. The molecule has 0 bridgehead atoms. The third-order valence-electron chi connectivity index (χ3n) is 3.66. The number of benzene rings is 2. The van der Waals surface area contributed by atoms with E-state index in [0.29, 0.717) is 0 Å². The third-order valence-corrected chi connectivity index (χ3v) is 3.66. The Bertz CT molecular complexity index is 919. The van der Waals surface area contributed by atoms with E-state index in [1.165, 1.54) is 16.3 Å². The van der Waals surface area contributed by atoms with E-state index in [2.05, 4.69) is 78.3 Å². The summed E-state index contributed by atoms with van der Waals surface area (Å²) >= 11 is 0. The molecule has 0 amide bonds. The molecule has 0 radical (unpaired) electrons. The molecule has 0 aliphatic carbocycles. The fourth-order valence-corrected chi connectivity index (χ4v) is 2.57. The maximum absolute atomic E-state index is 4.71. The Morgan fingerprint density at radius 2 is 1.75 bits per heavy atom. The predicted octanol–water partition coefficient (Wildman–Crippen LogP) is 4.46. The lowest BCUT2D eigenvalue weighted by molar-refractivity contribution is 1.17. The number of pyridine rings is 1. The van der Waals surface area contributed by atoms with Crippen LogP contribution in [0, 0.1) is 6.92 Å². The van der Waals surface area contributed by atoms with Crippen molar-refractivity contribution in [3.8, 4) is 11.3 Å². The summed E-state index contributed by atoms with van der Waals surface area (Å²) < 4.78 is 2.07. The Morgan fingerprint density at radius 3 is 2.65 bits per heavy atom. The smallest absolute Gasteiger partial charge is 0.137 e. The van der Waals surface area contributed by atoms with Crippen LogP contribution in [0.3, 0.4) is 0 Å². The van der Waals surface area contributed by atoms with Gasteiger partial charge in [0.05, 0.1) is 5.69 Å². The molecule has 0 N–H and O–H groups in total. The number of nitrogens with zero attached hydrogens (tertiary/aromatic N) is 2. The van der Waals surface area contributed by atoms with E-state index in [0.717, 1.165) is 16.9 Å². The zero-order chi connectivity index (χ0) is 13.5. The van der Waals surface area contributed by atoms with Crippen molar-refractivity contribution in [2.75, 3.05) is 0 Å². The molecule has 2 heteroatoms. The van der Waals surface area contributed by atoms with Gasteiger partial charge in [-0.1, -0.05) is 36.4 Å². The normalized spacial score (nSPS) is 11.2. The molecule has 2 heterocycles. The Kier molecular flexibility index (Phi) is 2.36. The van der Waals surface area contributed by atoms with Crippen molar-refractivity contribution in [3.63, 3.8) is 0 Å². The lowest BCUT2D eigenvalue weighted by Crippen LogP contribution is -1.81. The average molecular weight is 258 g/mol. The van der Waals surface area contributed by atoms with Crippen molar-refractivity contribution in [1.82, 2.24) is 9.38 Å². The van der Waals surface area contributed by atoms with Crippen molar-refractivity contribution in [2.24, 2.45) is 0 Å². The van der Waals surface area contributed by atoms with Gasteiger partial charge in [0.25, 0.3) is 0 Å². The molecular weight excluding hydrogens is 244 g/mol. The molecule has 96 valence electrons. The Balaban J connectivity index is 1.91. The molecule has 4 rings (SSSR count). The zero-order valence-electron chi connectivity index (χ0n) is 11.2. The number of hydrogen-bond acceptors (Lipinski definition) is 1. The topological polar surface area (TPSA) is 17.3 Å². The highest BCUT2D eigenvalue weighted by molar-refractivity contribution is 5.86. The van der Waals surface area contributed by atoms with Gasteiger partial charge in [0.1, 0.15) is 5.65 Å². The van der Waals surface area contributed by atoms with E-state index in [-0.39, 0.29) is 0 Å². The van der Waals surface area contributed by atoms with Crippen LogP contribution in [0.25, 0.3) is 27.7 Å².